The van der Waals surface area contributed by atoms with Crippen LogP contribution in [0.2, 0.25) is 0 Å². The first-order valence-corrected chi connectivity index (χ1v) is 15.9. The van der Waals surface area contributed by atoms with E-state index in [9.17, 15) is 19.2 Å². The number of hydrogen-bond donors (Lipinski definition) is 0. The number of ketones is 2. The van der Waals surface area contributed by atoms with Gasteiger partial charge in [-0.2, -0.15) is 0 Å². The molecular formula is C36H42O8. The quantitative estimate of drug-likeness (QED) is 0.138. The number of allylic oxidation sites excluding steroid dienone is 2. The number of rotatable bonds is 16. The van der Waals surface area contributed by atoms with Gasteiger partial charge in [0.1, 0.15) is 0 Å². The van der Waals surface area contributed by atoms with Gasteiger partial charge in [-0.1, -0.05) is 127 Å². The average Bonchev–Trinajstić information content (AvgIpc) is 3.03. The molecule has 2 aromatic rings. The fourth-order valence-corrected chi connectivity index (χ4v) is 5.47. The molecule has 2 aliphatic carbocycles. The van der Waals surface area contributed by atoms with Crippen LogP contribution in [0.25, 0.3) is 11.5 Å². The van der Waals surface area contributed by atoms with E-state index >= 15 is 0 Å². The lowest BCUT2D eigenvalue weighted by Gasteiger charge is -2.28. The molecule has 44 heavy (non-hydrogen) atoms. The predicted molar refractivity (Wildman–Crippen MR) is 167 cm³/mol. The van der Waals surface area contributed by atoms with Crippen LogP contribution in [0.1, 0.15) is 123 Å². The van der Waals surface area contributed by atoms with Crippen LogP contribution in [0.5, 0.6) is 0 Å². The number of hydrogen-bond acceptors (Lipinski definition) is 8. The van der Waals surface area contributed by atoms with E-state index in [0.29, 0.717) is 12.8 Å². The summed E-state index contributed by atoms with van der Waals surface area (Å²) in [5.74, 6) is -1.26. The molecule has 0 radical (unpaired) electrons. The second-order valence-electron chi connectivity index (χ2n) is 11.1. The molecule has 0 spiro atoms. The number of carbonyl (C=O) groups is 4. The van der Waals surface area contributed by atoms with Crippen molar-refractivity contribution in [3.8, 4) is 0 Å². The number of ether oxygens (including phenoxy) is 4. The molecule has 0 bridgehead atoms. The molecule has 0 heterocycles. The van der Waals surface area contributed by atoms with Crippen molar-refractivity contribution in [2.75, 3.05) is 13.2 Å². The topological polar surface area (TPSA) is 105 Å². The lowest BCUT2D eigenvalue weighted by atomic mass is 9.76. The second kappa shape index (κ2) is 16.6. The van der Waals surface area contributed by atoms with E-state index in [4.69, 9.17) is 18.9 Å². The molecule has 0 aliphatic heterocycles. The van der Waals surface area contributed by atoms with Crippen molar-refractivity contribution in [1.29, 1.82) is 0 Å². The minimum atomic E-state index is -0.975. The Balaban J connectivity index is 1.60. The van der Waals surface area contributed by atoms with Crippen LogP contribution in [0.4, 0.5) is 9.59 Å². The van der Waals surface area contributed by atoms with E-state index in [1.54, 1.807) is 48.5 Å². The van der Waals surface area contributed by atoms with Gasteiger partial charge in [0.15, 0.2) is 23.1 Å². The Morgan fingerprint density at radius 3 is 1.23 bits per heavy atom. The summed E-state index contributed by atoms with van der Waals surface area (Å²) in [6, 6.07) is 13.1. The second-order valence-corrected chi connectivity index (χ2v) is 11.1. The maximum Gasteiger partial charge on any atom is 0.513 e. The molecular weight excluding hydrogens is 560 g/mol. The van der Waals surface area contributed by atoms with Crippen LogP contribution in [0, 0.1) is 0 Å². The highest BCUT2D eigenvalue weighted by Crippen LogP contribution is 2.45. The summed E-state index contributed by atoms with van der Waals surface area (Å²) in [7, 11) is 0. The molecule has 0 saturated carbocycles. The summed E-state index contributed by atoms with van der Waals surface area (Å²) in [5, 5.41) is 0. The Labute approximate surface area is 259 Å². The van der Waals surface area contributed by atoms with Crippen LogP contribution in [-0.2, 0) is 18.9 Å². The summed E-state index contributed by atoms with van der Waals surface area (Å²) < 4.78 is 22.0. The van der Waals surface area contributed by atoms with Crippen LogP contribution in [0.15, 0.2) is 59.7 Å². The summed E-state index contributed by atoms with van der Waals surface area (Å²) in [4.78, 5) is 53.5. The minimum Gasteiger partial charge on any atom is -0.434 e. The molecule has 234 valence electrons. The van der Waals surface area contributed by atoms with Crippen molar-refractivity contribution < 1.29 is 38.1 Å². The summed E-state index contributed by atoms with van der Waals surface area (Å²) in [5.41, 5.74) is 0.679. The molecule has 0 N–H and O–H groups in total. The van der Waals surface area contributed by atoms with Crippen molar-refractivity contribution in [3.63, 3.8) is 0 Å². The molecule has 4 rings (SSSR count). The van der Waals surface area contributed by atoms with Crippen molar-refractivity contribution in [3.05, 3.63) is 81.9 Å². The molecule has 0 fully saturated rings. The van der Waals surface area contributed by atoms with E-state index in [1.807, 2.05) is 0 Å². The Bertz CT molecular complexity index is 1310. The lowest BCUT2D eigenvalue weighted by Crippen LogP contribution is -2.29. The molecule has 0 unspecified atom stereocenters. The van der Waals surface area contributed by atoms with Crippen LogP contribution in [0.3, 0.4) is 0 Å². The van der Waals surface area contributed by atoms with Crippen molar-refractivity contribution in [2.24, 2.45) is 0 Å². The third-order valence-corrected chi connectivity index (χ3v) is 7.80. The molecule has 0 atom stereocenters. The molecule has 0 amide bonds. The minimum absolute atomic E-state index is 0.107. The number of fused-ring (bicyclic) bond motifs is 3. The highest BCUT2D eigenvalue weighted by atomic mass is 16.7. The summed E-state index contributed by atoms with van der Waals surface area (Å²) >= 11 is 0. The molecule has 0 aromatic heterocycles. The maximum absolute atomic E-state index is 13.9. The maximum atomic E-state index is 13.9. The van der Waals surface area contributed by atoms with Gasteiger partial charge in [0.05, 0.1) is 24.4 Å². The van der Waals surface area contributed by atoms with Gasteiger partial charge in [-0.05, 0) is 12.8 Å². The van der Waals surface area contributed by atoms with E-state index in [2.05, 4.69) is 13.8 Å². The first kappa shape index (κ1) is 32.7. The highest BCUT2D eigenvalue weighted by molar-refractivity contribution is 6.34. The van der Waals surface area contributed by atoms with Gasteiger partial charge in [-0.15, -0.1) is 0 Å². The molecule has 0 saturated heterocycles. The van der Waals surface area contributed by atoms with E-state index in [1.165, 1.54) is 12.8 Å². The Morgan fingerprint density at radius 2 is 0.841 bits per heavy atom. The standard InChI is InChI=1S/C36H42O8/c1-3-5-7-9-11-17-23-41-35(39)43-33-27-21-15-13-19-25(27)32(38)30-29(33)31(37)26-20-14-16-22-28(26)34(30)44-36(40)42-24-18-12-10-8-6-4-2/h13-16,19-22H,3-12,17-18,23-24H2,1-2H3. The SMILES string of the molecule is CCCCCCCCOC(=O)OC1=C2C(=O)c3ccccc3C(OC(=O)OCCCCCCCC)=C2C(=O)c2ccccc21. The van der Waals surface area contributed by atoms with Crippen LogP contribution >= 0.6 is 0 Å². The van der Waals surface area contributed by atoms with Gasteiger partial charge < -0.3 is 18.9 Å². The zero-order valence-corrected chi connectivity index (χ0v) is 25.8. The third-order valence-electron chi connectivity index (χ3n) is 7.80. The Morgan fingerprint density at radius 1 is 0.500 bits per heavy atom. The normalized spacial score (nSPS) is 13.7. The average molecular weight is 603 g/mol. The Kier molecular flexibility index (Phi) is 12.3. The van der Waals surface area contributed by atoms with Crippen LogP contribution in [-0.4, -0.2) is 37.1 Å². The fourth-order valence-electron chi connectivity index (χ4n) is 5.47. The summed E-state index contributed by atoms with van der Waals surface area (Å²) in [6.07, 6.45) is 10.3. The number of unbranched alkanes of at least 4 members (excludes halogenated alkanes) is 10. The largest absolute Gasteiger partial charge is 0.513 e. The molecule has 8 heteroatoms. The smallest absolute Gasteiger partial charge is 0.434 e. The predicted octanol–water partition coefficient (Wildman–Crippen LogP) is 9.23. The van der Waals surface area contributed by atoms with Gasteiger partial charge in [0, 0.05) is 22.3 Å². The third kappa shape index (κ3) is 8.04. The van der Waals surface area contributed by atoms with E-state index in [-0.39, 0.29) is 58.1 Å². The highest BCUT2D eigenvalue weighted by Gasteiger charge is 2.43. The zero-order chi connectivity index (χ0) is 31.3. The lowest BCUT2D eigenvalue weighted by molar-refractivity contribution is 0.0841. The van der Waals surface area contributed by atoms with Gasteiger partial charge in [0.2, 0.25) is 0 Å². The van der Waals surface area contributed by atoms with Gasteiger partial charge in [-0.25, -0.2) is 9.59 Å². The van der Waals surface area contributed by atoms with Crippen molar-refractivity contribution >= 4 is 35.4 Å². The zero-order valence-electron chi connectivity index (χ0n) is 25.8. The number of carbonyl (C=O) groups excluding carboxylic acids is 4. The van der Waals surface area contributed by atoms with Crippen molar-refractivity contribution in [2.45, 2.75) is 90.9 Å². The molecule has 2 aromatic carbocycles. The fraction of sp³-hybridized carbons (Fsp3) is 0.444. The first-order chi connectivity index (χ1) is 21.5. The summed E-state index contributed by atoms with van der Waals surface area (Å²) in [6.45, 7) is 4.65. The van der Waals surface area contributed by atoms with Crippen molar-refractivity contribution in [1.82, 2.24) is 0 Å². The Hall–Kier alpha value is -4.20. The monoisotopic (exact) mass is 602 g/mol. The number of Topliss-reactive ketones (excluding diaryl/α,β-unsaturated/α-hetero) is 2. The first-order valence-electron chi connectivity index (χ1n) is 15.9. The van der Waals surface area contributed by atoms with Gasteiger partial charge in [0.25, 0.3) is 0 Å². The van der Waals surface area contributed by atoms with Gasteiger partial charge >= 0.3 is 12.3 Å². The molecule has 8 nitrogen and oxygen atoms in total. The van der Waals surface area contributed by atoms with Gasteiger partial charge in [-0.3, -0.25) is 9.59 Å². The van der Waals surface area contributed by atoms with Crippen LogP contribution < -0.4 is 0 Å². The van der Waals surface area contributed by atoms with E-state index in [0.717, 1.165) is 51.4 Å². The number of benzene rings is 2. The molecule has 2 aliphatic rings. The van der Waals surface area contributed by atoms with E-state index < -0.39 is 23.9 Å².